The molecular weight excluding hydrogens is 1110 g/mol. The van der Waals surface area contributed by atoms with E-state index >= 15 is 0 Å². The van der Waals surface area contributed by atoms with Crippen LogP contribution < -0.4 is 42.4 Å². The molecule has 0 amide bonds. The molecule has 0 bridgehead atoms. The van der Waals surface area contributed by atoms with Crippen LogP contribution in [0.15, 0.2) is 309 Å². The summed E-state index contributed by atoms with van der Waals surface area (Å²) in [6, 6.07) is 93.4. The van der Waals surface area contributed by atoms with Crippen LogP contribution >= 0.6 is 14.5 Å². The van der Waals surface area contributed by atoms with Crippen LogP contribution in [0.1, 0.15) is 0 Å². The zero-order chi connectivity index (χ0) is 52.3. The maximum absolute atomic E-state index is 8.00. The van der Waals surface area contributed by atoms with Crippen molar-refractivity contribution in [1.29, 1.82) is 0 Å². The number of aromatic nitrogens is 3. The van der Waals surface area contributed by atoms with Gasteiger partial charge in [0.25, 0.3) is 0 Å². The Labute approximate surface area is 453 Å². The fraction of sp³-hybridized carbons (Fsp3) is 0. The number of fused-ring (bicyclic) bond motifs is 1. The van der Waals surface area contributed by atoms with Crippen molar-refractivity contribution in [3.8, 4) is 0 Å². The summed E-state index contributed by atoms with van der Waals surface area (Å²) in [4.78, 5) is 38.0. The van der Waals surface area contributed by atoms with Gasteiger partial charge in [-0.3, -0.25) is 4.98 Å². The van der Waals surface area contributed by atoms with Crippen LogP contribution in [0.25, 0.3) is 0 Å². The van der Waals surface area contributed by atoms with Gasteiger partial charge in [0.15, 0.2) is 9.72 Å². The van der Waals surface area contributed by atoms with E-state index < -0.39 is 14.5 Å². The zero-order valence-corrected chi connectivity index (χ0v) is 44.5. The van der Waals surface area contributed by atoms with E-state index in [0.717, 1.165) is 31.1 Å². The molecule has 0 saturated carbocycles. The SMILES string of the molecule is O=N[O-].O=N[O-].O=N[O-].O=N[O-].[La].c1ccc([P+](c2ccccc2)(c2ccccc2)c2ccccc2)cc1.c1ccc([P+](c2ccccc2)(c2ccccc2)c2ccccc2)cc1.c1ccncc1.o1on2on12. The molecule has 373 valence electrons. The first-order chi connectivity index (χ1) is 36.0. The molecule has 0 aliphatic carbocycles. The minimum absolute atomic E-state index is 0. The summed E-state index contributed by atoms with van der Waals surface area (Å²) in [5, 5.41) is 47.1. The molecule has 0 unspecified atom stereocenters. The predicted octanol–water partition coefficient (Wildman–Crippen LogP) is 10.5. The third kappa shape index (κ3) is 17.1. The van der Waals surface area contributed by atoms with Gasteiger partial charge >= 0.3 is 0 Å². The topological polar surface area (TPSA) is 271 Å². The monoisotopic (exact) mass is 1160 g/mol. The molecule has 0 aliphatic rings. The fourth-order valence-corrected chi connectivity index (χ4v) is 16.0. The molecule has 0 N–H and O–H groups in total. The molecule has 0 spiro atoms. The molecule has 8 aromatic carbocycles. The molecule has 21 heteroatoms. The van der Waals surface area contributed by atoms with Crippen LogP contribution in [0.3, 0.4) is 0 Å². The van der Waals surface area contributed by atoms with Crippen molar-refractivity contribution >= 4 is 57.0 Å². The van der Waals surface area contributed by atoms with E-state index in [0.29, 0.717) is 0 Å². The summed E-state index contributed by atoms with van der Waals surface area (Å²) in [6.07, 6.45) is 3.50. The van der Waals surface area contributed by atoms with Crippen molar-refractivity contribution in [2.75, 3.05) is 0 Å². The van der Waals surface area contributed by atoms with Gasteiger partial charge in [-0.1, -0.05) is 152 Å². The molecule has 3 heterocycles. The second kappa shape index (κ2) is 34.8. The first kappa shape index (κ1) is 59.9. The van der Waals surface area contributed by atoms with Gasteiger partial charge < -0.3 is 40.5 Å². The molecule has 11 aromatic rings. The van der Waals surface area contributed by atoms with E-state index in [9.17, 15) is 0 Å². The van der Waals surface area contributed by atoms with Crippen LogP contribution in [0.2, 0.25) is 0 Å². The molecule has 18 nitrogen and oxygen atoms in total. The summed E-state index contributed by atoms with van der Waals surface area (Å²) in [5.74, 6) is 0. The van der Waals surface area contributed by atoms with Gasteiger partial charge in [0.1, 0.15) is 57.0 Å². The van der Waals surface area contributed by atoms with Crippen molar-refractivity contribution in [2.24, 2.45) is 21.4 Å². The Hall–Kier alpha value is -8.44. The molecule has 0 fully saturated rings. The van der Waals surface area contributed by atoms with Crippen LogP contribution in [0.5, 0.6) is 0 Å². The molecule has 74 heavy (non-hydrogen) atoms. The molecule has 1 radical (unpaired) electrons. The summed E-state index contributed by atoms with van der Waals surface area (Å²) < 4.78 is 12.3. The second-order valence-electron chi connectivity index (χ2n) is 14.1. The van der Waals surface area contributed by atoms with Crippen molar-refractivity contribution < 1.29 is 49.6 Å². The molecule has 0 aliphatic heterocycles. The largest absolute Gasteiger partial charge is 0.444 e. The van der Waals surface area contributed by atoms with Crippen LogP contribution in [0.4, 0.5) is 0 Å². The van der Waals surface area contributed by atoms with Gasteiger partial charge in [0.2, 0.25) is 0 Å². The third-order valence-corrected chi connectivity index (χ3v) is 18.7. The first-order valence-corrected chi connectivity index (χ1v) is 25.1. The van der Waals surface area contributed by atoms with Gasteiger partial charge in [0.05, 0.1) is 0 Å². The molecule has 0 atom stereocenters. The molecule has 3 aromatic heterocycles. The van der Waals surface area contributed by atoms with Crippen molar-refractivity contribution in [2.45, 2.75) is 0 Å². The third-order valence-electron chi connectivity index (χ3n) is 10.1. The Morgan fingerprint density at radius 1 is 0.297 bits per heavy atom. The Morgan fingerprint density at radius 3 is 0.527 bits per heavy atom. The maximum Gasteiger partial charge on any atom is 0.187 e. The average molecular weight is 1160 g/mol. The van der Waals surface area contributed by atoms with Gasteiger partial charge in [-0.05, 0) is 109 Å². The van der Waals surface area contributed by atoms with Gasteiger partial charge in [-0.25, -0.2) is 0 Å². The van der Waals surface area contributed by atoms with E-state index in [1.165, 1.54) is 42.4 Å². The maximum atomic E-state index is 8.00. The normalized spacial score (nSPS) is 9.68. The summed E-state index contributed by atoms with van der Waals surface area (Å²) >= 11 is 0. The van der Waals surface area contributed by atoms with E-state index in [1.54, 1.807) is 12.4 Å². The average Bonchev–Trinajstić information content (AvgIpc) is 4.07. The Bertz CT molecular complexity index is 2520. The Kier molecular flexibility index (Phi) is 28.2. The van der Waals surface area contributed by atoms with E-state index in [4.69, 9.17) is 40.5 Å². The van der Waals surface area contributed by atoms with Gasteiger partial charge in [0, 0.05) is 48.0 Å². The molecular formula is C53H45LaN7O11P2-2. The van der Waals surface area contributed by atoms with E-state index in [-0.39, 0.29) is 35.6 Å². The molecule has 0 saturated heterocycles. The van der Waals surface area contributed by atoms with Crippen LogP contribution in [-0.2, 0) is 0 Å². The zero-order valence-electron chi connectivity index (χ0n) is 39.1. The number of nitrogens with zero attached hydrogens (tertiary/aromatic N) is 7. The van der Waals surface area contributed by atoms with E-state index in [2.05, 4.69) is 262 Å². The number of hydrogen-bond acceptors (Lipinski definition) is 16. The first-order valence-electron chi connectivity index (χ1n) is 21.5. The molecule has 11 rings (SSSR count). The number of benzene rings is 8. The standard InChI is InChI=1S/2C24H20P.C5H5N.La.N2O3.4HNO2/c2*1-5-13-21(14-6-1)25(22-15-7-2-8-16-22,23-17-9-3-10-18-23)24-19-11-4-12-20-24;1-2-4-6-5-3-1;;3-1-2(3)5-4-1;4*2-1-3/h2*1-20H;1-5H;;;4*(H,2,3)/q2*+1;;;;;;;/p-4. The van der Waals surface area contributed by atoms with Gasteiger partial charge in [-0.15, -0.1) is 30.7 Å². The van der Waals surface area contributed by atoms with Crippen molar-refractivity contribution in [3.05, 3.63) is 314 Å². The van der Waals surface area contributed by atoms with Crippen molar-refractivity contribution in [3.63, 3.8) is 0 Å². The van der Waals surface area contributed by atoms with Crippen LogP contribution in [-0.4, -0.2) is 14.7 Å². The minimum atomic E-state index is -1.91. The van der Waals surface area contributed by atoms with Gasteiger partial charge in [-0.2, -0.15) is 4.63 Å². The summed E-state index contributed by atoms with van der Waals surface area (Å²) in [5.41, 5.74) is 0. The predicted molar refractivity (Wildman–Crippen MR) is 291 cm³/mol. The number of hydrogen-bond donors (Lipinski definition) is 0. The number of rotatable bonds is 8. The quantitative estimate of drug-likeness (QED) is 0.0595. The smallest absolute Gasteiger partial charge is 0.187 e. The van der Waals surface area contributed by atoms with Crippen LogP contribution in [0, 0.1) is 76.1 Å². The second-order valence-corrected chi connectivity index (χ2v) is 20.9. The van der Waals surface area contributed by atoms with Crippen molar-refractivity contribution in [1.82, 2.24) is 14.7 Å². The Morgan fingerprint density at radius 2 is 0.446 bits per heavy atom. The summed E-state index contributed by atoms with van der Waals surface area (Å²) in [6.45, 7) is 0. The fourth-order valence-electron chi connectivity index (χ4n) is 7.47. The van der Waals surface area contributed by atoms with E-state index in [1.807, 2.05) is 18.2 Å². The minimum Gasteiger partial charge on any atom is -0.444 e. The summed E-state index contributed by atoms with van der Waals surface area (Å²) in [7, 11) is -3.81. The Balaban J connectivity index is 0.000000272. The number of pyridine rings is 1.